The molecule has 1 heterocycles. The number of benzene rings is 1. The Bertz CT molecular complexity index is 297. The van der Waals surface area contributed by atoms with Gasteiger partial charge in [-0.2, -0.15) is 0 Å². The molecule has 3 N–H and O–H groups in total. The van der Waals surface area contributed by atoms with E-state index in [1.54, 1.807) is 0 Å². The van der Waals surface area contributed by atoms with Gasteiger partial charge in [-0.3, -0.25) is 0 Å². The van der Waals surface area contributed by atoms with Crippen molar-refractivity contribution in [1.82, 2.24) is 5.32 Å². The minimum Gasteiger partial charge on any atom is -0.330 e. The maximum absolute atomic E-state index is 5.74. The quantitative estimate of drug-likeness (QED) is 0.848. The minimum atomic E-state index is 0.452. The Labute approximate surface area is 93.0 Å². The number of hydrogen-bond acceptors (Lipinski definition) is 2. The second-order valence-corrected chi connectivity index (χ2v) is 4.68. The molecule has 0 aliphatic carbocycles. The predicted molar refractivity (Wildman–Crippen MR) is 62.0 cm³/mol. The maximum Gasteiger partial charge on any atom is 0.0361 e. The lowest BCUT2D eigenvalue weighted by molar-refractivity contribution is 0.473. The molecule has 0 spiro atoms. The minimum absolute atomic E-state index is 0.452. The number of halogens is 1. The zero-order valence-electron chi connectivity index (χ0n) is 8.04. The van der Waals surface area contributed by atoms with E-state index in [4.69, 9.17) is 5.73 Å². The van der Waals surface area contributed by atoms with Crippen LogP contribution in [0.15, 0.2) is 28.7 Å². The van der Waals surface area contributed by atoms with Crippen LogP contribution in [-0.2, 0) is 0 Å². The molecule has 1 saturated heterocycles. The highest BCUT2D eigenvalue weighted by atomic mass is 79.9. The van der Waals surface area contributed by atoms with Gasteiger partial charge in [-0.1, -0.05) is 28.1 Å². The third-order valence-corrected chi connectivity index (χ3v) is 3.41. The molecule has 2 nitrogen and oxygen atoms in total. The van der Waals surface area contributed by atoms with Gasteiger partial charge >= 0.3 is 0 Å². The Kier molecular flexibility index (Phi) is 3.21. The van der Waals surface area contributed by atoms with Crippen molar-refractivity contribution in [3.05, 3.63) is 34.3 Å². The summed E-state index contributed by atoms with van der Waals surface area (Å²) < 4.78 is 1.13. The number of rotatable bonds is 2. The van der Waals surface area contributed by atoms with Crippen LogP contribution in [0.1, 0.15) is 18.0 Å². The predicted octanol–water partition coefficient (Wildman–Crippen LogP) is 2.06. The van der Waals surface area contributed by atoms with Crippen LogP contribution >= 0.6 is 15.9 Å². The van der Waals surface area contributed by atoms with Gasteiger partial charge in [0.15, 0.2) is 0 Å². The molecule has 0 amide bonds. The summed E-state index contributed by atoms with van der Waals surface area (Å²) in [6.45, 7) is 1.86. The Morgan fingerprint density at radius 3 is 2.71 bits per heavy atom. The summed E-state index contributed by atoms with van der Waals surface area (Å²) in [7, 11) is 0. The molecule has 0 saturated carbocycles. The zero-order chi connectivity index (χ0) is 9.97. The lowest BCUT2D eigenvalue weighted by Crippen LogP contribution is -2.23. The molecule has 3 heteroatoms. The van der Waals surface area contributed by atoms with Crippen molar-refractivity contribution in [2.45, 2.75) is 12.5 Å². The normalized spacial score (nSPS) is 26.7. The number of nitrogens with one attached hydrogen (secondary N) is 1. The van der Waals surface area contributed by atoms with E-state index >= 15 is 0 Å². The van der Waals surface area contributed by atoms with Crippen molar-refractivity contribution in [2.24, 2.45) is 11.7 Å². The number of nitrogens with two attached hydrogens (primary N) is 1. The third kappa shape index (κ3) is 2.00. The van der Waals surface area contributed by atoms with E-state index in [1.165, 1.54) is 12.0 Å². The van der Waals surface area contributed by atoms with Gasteiger partial charge in [-0.15, -0.1) is 0 Å². The number of hydrogen-bond donors (Lipinski definition) is 2. The first-order chi connectivity index (χ1) is 6.81. The fourth-order valence-corrected chi connectivity index (χ4v) is 2.34. The summed E-state index contributed by atoms with van der Waals surface area (Å²) in [5, 5.41) is 3.50. The summed E-state index contributed by atoms with van der Waals surface area (Å²) in [5.74, 6) is 0.594. The molecule has 0 bridgehead atoms. The molecule has 1 aliphatic heterocycles. The molecule has 76 valence electrons. The average molecular weight is 255 g/mol. The van der Waals surface area contributed by atoms with Gasteiger partial charge in [0.1, 0.15) is 0 Å². The van der Waals surface area contributed by atoms with Gasteiger partial charge in [-0.05, 0) is 43.1 Å². The molecule has 14 heavy (non-hydrogen) atoms. The Hall–Kier alpha value is -0.380. The van der Waals surface area contributed by atoms with Gasteiger partial charge in [0.25, 0.3) is 0 Å². The van der Waals surface area contributed by atoms with Crippen molar-refractivity contribution in [2.75, 3.05) is 13.1 Å². The molecular formula is C11H15BrN2. The fourth-order valence-electron chi connectivity index (χ4n) is 2.07. The van der Waals surface area contributed by atoms with Crippen LogP contribution in [0.5, 0.6) is 0 Å². The van der Waals surface area contributed by atoms with E-state index in [0.717, 1.165) is 17.6 Å². The Morgan fingerprint density at radius 1 is 1.36 bits per heavy atom. The maximum atomic E-state index is 5.74. The van der Waals surface area contributed by atoms with Crippen molar-refractivity contribution in [3.8, 4) is 0 Å². The highest BCUT2D eigenvalue weighted by Gasteiger charge is 2.26. The first-order valence-corrected chi connectivity index (χ1v) is 5.79. The first kappa shape index (κ1) is 10.1. The van der Waals surface area contributed by atoms with E-state index in [1.807, 2.05) is 0 Å². The molecule has 1 aromatic carbocycles. The van der Waals surface area contributed by atoms with Crippen molar-refractivity contribution in [1.29, 1.82) is 0 Å². The molecule has 2 unspecified atom stereocenters. The van der Waals surface area contributed by atoms with E-state index in [9.17, 15) is 0 Å². The third-order valence-electron chi connectivity index (χ3n) is 2.88. The van der Waals surface area contributed by atoms with Crippen molar-refractivity contribution < 1.29 is 0 Å². The lowest BCUT2D eigenvalue weighted by atomic mass is 9.94. The van der Waals surface area contributed by atoms with Gasteiger partial charge in [0, 0.05) is 10.5 Å². The summed E-state index contributed by atoms with van der Waals surface area (Å²) in [6, 6.07) is 8.95. The standard InChI is InChI=1S/C11H15BrN2/c12-10-3-1-8(2-4-10)11-9(7-13)5-6-14-11/h1-4,9,11,14H,5-7,13H2. The van der Waals surface area contributed by atoms with Crippen LogP contribution in [-0.4, -0.2) is 13.1 Å². The van der Waals surface area contributed by atoms with E-state index in [-0.39, 0.29) is 0 Å². The van der Waals surface area contributed by atoms with Crippen LogP contribution < -0.4 is 11.1 Å². The zero-order valence-corrected chi connectivity index (χ0v) is 9.63. The second kappa shape index (κ2) is 4.43. The van der Waals surface area contributed by atoms with Crippen LogP contribution in [0, 0.1) is 5.92 Å². The van der Waals surface area contributed by atoms with E-state index in [2.05, 4.69) is 45.5 Å². The largest absolute Gasteiger partial charge is 0.330 e. The highest BCUT2D eigenvalue weighted by molar-refractivity contribution is 9.10. The van der Waals surface area contributed by atoms with E-state index in [0.29, 0.717) is 12.0 Å². The van der Waals surface area contributed by atoms with Crippen LogP contribution in [0.25, 0.3) is 0 Å². The average Bonchev–Trinajstić information content (AvgIpc) is 2.67. The smallest absolute Gasteiger partial charge is 0.0361 e. The van der Waals surface area contributed by atoms with Gasteiger partial charge < -0.3 is 11.1 Å². The SMILES string of the molecule is NCC1CCNC1c1ccc(Br)cc1. The van der Waals surface area contributed by atoms with Gasteiger partial charge in [0.2, 0.25) is 0 Å². The summed E-state index contributed by atoms with van der Waals surface area (Å²) >= 11 is 3.44. The first-order valence-electron chi connectivity index (χ1n) is 5.00. The van der Waals surface area contributed by atoms with Crippen molar-refractivity contribution >= 4 is 15.9 Å². The molecule has 0 radical (unpaired) electrons. The monoisotopic (exact) mass is 254 g/mol. The lowest BCUT2D eigenvalue weighted by Gasteiger charge is -2.18. The van der Waals surface area contributed by atoms with Gasteiger partial charge in [-0.25, -0.2) is 0 Å². The fraction of sp³-hybridized carbons (Fsp3) is 0.455. The molecule has 1 aromatic rings. The van der Waals surface area contributed by atoms with Crippen LogP contribution in [0.3, 0.4) is 0 Å². The van der Waals surface area contributed by atoms with Crippen LogP contribution in [0.2, 0.25) is 0 Å². The topological polar surface area (TPSA) is 38.0 Å². The Balaban J connectivity index is 2.17. The van der Waals surface area contributed by atoms with Crippen molar-refractivity contribution in [3.63, 3.8) is 0 Å². The second-order valence-electron chi connectivity index (χ2n) is 3.77. The highest BCUT2D eigenvalue weighted by Crippen LogP contribution is 2.29. The molecular weight excluding hydrogens is 240 g/mol. The van der Waals surface area contributed by atoms with E-state index < -0.39 is 0 Å². The molecule has 2 atom stereocenters. The van der Waals surface area contributed by atoms with Crippen LogP contribution in [0.4, 0.5) is 0 Å². The summed E-state index contributed by atoms with van der Waals surface area (Å²) in [6.07, 6.45) is 1.19. The molecule has 2 rings (SSSR count). The Morgan fingerprint density at radius 2 is 2.07 bits per heavy atom. The molecule has 1 aliphatic rings. The summed E-state index contributed by atoms with van der Waals surface area (Å²) in [5.41, 5.74) is 7.09. The molecule has 1 fully saturated rings. The molecule has 0 aromatic heterocycles. The van der Waals surface area contributed by atoms with Gasteiger partial charge in [0.05, 0.1) is 0 Å². The summed E-state index contributed by atoms with van der Waals surface area (Å²) in [4.78, 5) is 0.